The van der Waals surface area contributed by atoms with Crippen LogP contribution in [0.4, 0.5) is 10.1 Å². The number of benzene rings is 1. The molecule has 0 spiro atoms. The minimum absolute atomic E-state index is 0.0677. The molecule has 1 aliphatic carbocycles. The third-order valence-corrected chi connectivity index (χ3v) is 3.46. The average Bonchev–Trinajstić information content (AvgIpc) is 2.24. The highest BCUT2D eigenvalue weighted by atomic mass is 19.1. The van der Waals surface area contributed by atoms with E-state index in [-0.39, 0.29) is 17.7 Å². The minimum Gasteiger partial charge on any atom is -0.481 e. The molecule has 1 saturated carbocycles. The molecule has 1 fully saturated rings. The van der Waals surface area contributed by atoms with Gasteiger partial charge in [-0.2, -0.15) is 0 Å². The molecule has 1 amide bonds. The van der Waals surface area contributed by atoms with E-state index in [1.807, 2.05) is 0 Å². The monoisotopic (exact) mass is 266 g/mol. The van der Waals surface area contributed by atoms with Gasteiger partial charge < -0.3 is 16.2 Å². The highest BCUT2D eigenvalue weighted by Gasteiger charge is 2.39. The van der Waals surface area contributed by atoms with Gasteiger partial charge in [-0.05, 0) is 31.4 Å². The molecule has 0 saturated heterocycles. The fourth-order valence-electron chi connectivity index (χ4n) is 2.40. The lowest BCUT2D eigenvalue weighted by Crippen LogP contribution is -2.47. The summed E-state index contributed by atoms with van der Waals surface area (Å²) in [4.78, 5) is 22.2. The van der Waals surface area contributed by atoms with Gasteiger partial charge in [-0.3, -0.25) is 9.59 Å². The third kappa shape index (κ3) is 2.67. The van der Waals surface area contributed by atoms with E-state index in [9.17, 15) is 14.0 Å². The van der Waals surface area contributed by atoms with Crippen molar-refractivity contribution in [3.8, 4) is 0 Å². The Morgan fingerprint density at radius 3 is 2.58 bits per heavy atom. The standard InChI is InChI=1S/C13H15FN2O3/c14-8-3-1-4-9(11(8)12(15)19)16-13(5-2-6-13)7-10(17)18/h1,3-4,16H,2,5-7H2,(H2,15,19)(H,17,18). The molecule has 1 aliphatic rings. The van der Waals surface area contributed by atoms with E-state index < -0.39 is 23.2 Å². The topological polar surface area (TPSA) is 92.4 Å². The van der Waals surface area contributed by atoms with Gasteiger partial charge in [-0.15, -0.1) is 0 Å². The fraction of sp³-hybridized carbons (Fsp3) is 0.385. The highest BCUT2D eigenvalue weighted by molar-refractivity contribution is 5.99. The van der Waals surface area contributed by atoms with Gasteiger partial charge in [0, 0.05) is 5.54 Å². The van der Waals surface area contributed by atoms with Crippen LogP contribution in [-0.4, -0.2) is 22.5 Å². The highest BCUT2D eigenvalue weighted by Crippen LogP contribution is 2.39. The van der Waals surface area contributed by atoms with E-state index in [4.69, 9.17) is 10.8 Å². The molecule has 0 aliphatic heterocycles. The maximum Gasteiger partial charge on any atom is 0.305 e. The molecular weight excluding hydrogens is 251 g/mol. The zero-order valence-electron chi connectivity index (χ0n) is 10.3. The van der Waals surface area contributed by atoms with Crippen LogP contribution in [-0.2, 0) is 4.79 Å². The number of carboxylic acid groups (broad SMARTS) is 1. The van der Waals surface area contributed by atoms with Gasteiger partial charge in [0.15, 0.2) is 0 Å². The first kappa shape index (κ1) is 13.3. The van der Waals surface area contributed by atoms with E-state index >= 15 is 0 Å². The summed E-state index contributed by atoms with van der Waals surface area (Å²) in [5.74, 6) is -2.50. The number of carbonyl (C=O) groups is 2. The predicted octanol–water partition coefficient (Wildman–Crippen LogP) is 1.73. The summed E-state index contributed by atoms with van der Waals surface area (Å²) in [5, 5.41) is 11.9. The molecule has 0 radical (unpaired) electrons. The van der Waals surface area contributed by atoms with E-state index in [0.717, 1.165) is 12.5 Å². The summed E-state index contributed by atoms with van der Waals surface area (Å²) < 4.78 is 13.6. The smallest absolute Gasteiger partial charge is 0.305 e. The van der Waals surface area contributed by atoms with Crippen LogP contribution in [0.2, 0.25) is 0 Å². The molecule has 0 unspecified atom stereocenters. The quantitative estimate of drug-likeness (QED) is 0.756. The fourth-order valence-corrected chi connectivity index (χ4v) is 2.40. The minimum atomic E-state index is -0.927. The molecule has 6 heteroatoms. The van der Waals surface area contributed by atoms with Gasteiger partial charge in [0.05, 0.1) is 17.7 Å². The number of nitrogens with two attached hydrogens (primary N) is 1. The molecule has 19 heavy (non-hydrogen) atoms. The van der Waals surface area contributed by atoms with E-state index in [1.54, 1.807) is 0 Å². The van der Waals surface area contributed by atoms with Crippen LogP contribution in [0, 0.1) is 5.82 Å². The van der Waals surface area contributed by atoms with Crippen molar-refractivity contribution in [2.45, 2.75) is 31.2 Å². The van der Waals surface area contributed by atoms with Crippen molar-refractivity contribution in [1.82, 2.24) is 0 Å². The Labute approximate surface area is 109 Å². The van der Waals surface area contributed by atoms with Gasteiger partial charge >= 0.3 is 5.97 Å². The summed E-state index contributed by atoms with van der Waals surface area (Å²) in [6.07, 6.45) is 2.19. The van der Waals surface area contributed by atoms with Crippen molar-refractivity contribution < 1.29 is 19.1 Å². The Kier molecular flexibility index (Phi) is 3.42. The van der Waals surface area contributed by atoms with Crippen molar-refractivity contribution in [2.75, 3.05) is 5.32 Å². The second kappa shape index (κ2) is 4.87. The molecule has 0 atom stereocenters. The van der Waals surface area contributed by atoms with Crippen LogP contribution >= 0.6 is 0 Å². The zero-order valence-corrected chi connectivity index (χ0v) is 10.3. The van der Waals surface area contributed by atoms with Gasteiger partial charge in [-0.25, -0.2) is 4.39 Å². The van der Waals surface area contributed by atoms with Gasteiger partial charge in [0.2, 0.25) is 0 Å². The number of rotatable bonds is 5. The molecule has 2 rings (SSSR count). The first-order valence-corrected chi connectivity index (χ1v) is 6.02. The Hall–Kier alpha value is -2.11. The Morgan fingerprint density at radius 1 is 1.42 bits per heavy atom. The number of aliphatic carboxylic acids is 1. The molecule has 0 bridgehead atoms. The van der Waals surface area contributed by atoms with Gasteiger partial charge in [0.25, 0.3) is 5.91 Å². The number of halogens is 1. The first-order valence-electron chi connectivity index (χ1n) is 6.02. The molecule has 102 valence electrons. The summed E-state index contributed by atoms with van der Waals surface area (Å²) >= 11 is 0. The zero-order chi connectivity index (χ0) is 14.0. The number of amides is 1. The van der Waals surface area contributed by atoms with Crippen molar-refractivity contribution in [2.24, 2.45) is 5.73 Å². The number of hydrogen-bond donors (Lipinski definition) is 3. The Morgan fingerprint density at radius 2 is 2.11 bits per heavy atom. The molecular formula is C13H15FN2O3. The second-order valence-corrected chi connectivity index (χ2v) is 4.86. The van der Waals surface area contributed by atoms with Crippen molar-refractivity contribution in [3.63, 3.8) is 0 Å². The van der Waals surface area contributed by atoms with Crippen molar-refractivity contribution in [3.05, 3.63) is 29.6 Å². The van der Waals surface area contributed by atoms with E-state index in [1.165, 1.54) is 12.1 Å². The number of hydrogen-bond acceptors (Lipinski definition) is 3. The number of carbonyl (C=O) groups excluding carboxylic acids is 1. The maximum atomic E-state index is 13.6. The van der Waals surface area contributed by atoms with Gasteiger partial charge in [0.1, 0.15) is 5.82 Å². The lowest BCUT2D eigenvalue weighted by Gasteiger charge is -2.42. The summed E-state index contributed by atoms with van der Waals surface area (Å²) in [6.45, 7) is 0. The number of carboxylic acids is 1. The van der Waals surface area contributed by atoms with Crippen LogP contribution in [0.5, 0.6) is 0 Å². The lowest BCUT2D eigenvalue weighted by atomic mass is 9.74. The second-order valence-electron chi connectivity index (χ2n) is 4.86. The SMILES string of the molecule is NC(=O)c1c(F)cccc1NC1(CC(=O)O)CCC1. The predicted molar refractivity (Wildman–Crippen MR) is 67.4 cm³/mol. The number of nitrogens with one attached hydrogen (secondary N) is 1. The van der Waals surface area contributed by atoms with Gasteiger partial charge in [-0.1, -0.05) is 6.07 Å². The molecule has 1 aromatic rings. The number of primary amides is 1. The Balaban J connectivity index is 2.30. The summed E-state index contributed by atoms with van der Waals surface area (Å²) in [7, 11) is 0. The van der Waals surface area contributed by atoms with E-state index in [2.05, 4.69) is 5.32 Å². The summed E-state index contributed by atoms with van der Waals surface area (Å²) in [5.41, 5.74) is 4.59. The van der Waals surface area contributed by atoms with Crippen molar-refractivity contribution >= 4 is 17.6 Å². The maximum absolute atomic E-state index is 13.6. The van der Waals surface area contributed by atoms with Crippen LogP contribution < -0.4 is 11.1 Å². The van der Waals surface area contributed by atoms with E-state index in [0.29, 0.717) is 12.8 Å². The molecule has 4 N–H and O–H groups in total. The van der Waals surface area contributed by atoms with Crippen LogP contribution in [0.15, 0.2) is 18.2 Å². The molecule has 1 aromatic carbocycles. The van der Waals surface area contributed by atoms with Crippen LogP contribution in [0.25, 0.3) is 0 Å². The average molecular weight is 266 g/mol. The Bertz CT molecular complexity index is 527. The number of anilines is 1. The largest absolute Gasteiger partial charge is 0.481 e. The van der Waals surface area contributed by atoms with Crippen molar-refractivity contribution in [1.29, 1.82) is 0 Å². The lowest BCUT2D eigenvalue weighted by molar-refractivity contribution is -0.138. The van der Waals surface area contributed by atoms with Crippen LogP contribution in [0.3, 0.4) is 0 Å². The normalized spacial score (nSPS) is 16.5. The first-order chi connectivity index (χ1) is 8.93. The third-order valence-electron chi connectivity index (χ3n) is 3.46. The van der Waals surface area contributed by atoms with Crippen LogP contribution in [0.1, 0.15) is 36.0 Å². The molecule has 0 aromatic heterocycles. The molecule has 0 heterocycles. The molecule has 5 nitrogen and oxygen atoms in total. The summed E-state index contributed by atoms with van der Waals surface area (Å²) in [6, 6.07) is 4.14.